The fourth-order valence-electron chi connectivity index (χ4n) is 2.83. The molecule has 0 bridgehead atoms. The van der Waals surface area contributed by atoms with Crippen LogP contribution in [0, 0.1) is 0 Å². The van der Waals surface area contributed by atoms with Crippen molar-refractivity contribution in [2.24, 2.45) is 4.99 Å². The summed E-state index contributed by atoms with van der Waals surface area (Å²) in [6, 6.07) is 12.9. The van der Waals surface area contributed by atoms with E-state index in [1.54, 1.807) is 24.4 Å². The summed E-state index contributed by atoms with van der Waals surface area (Å²) in [7, 11) is 0. The number of aromatic amines is 1. The lowest BCUT2D eigenvalue weighted by molar-refractivity contribution is 0.420. The minimum absolute atomic E-state index is 0.114. The first-order valence-electron chi connectivity index (χ1n) is 7.83. The Balaban J connectivity index is 1.69. The normalized spacial score (nSPS) is 14.2. The molecule has 0 saturated heterocycles. The summed E-state index contributed by atoms with van der Waals surface area (Å²) in [5.41, 5.74) is 3.44. The number of benzene rings is 2. The van der Waals surface area contributed by atoms with Crippen LogP contribution in [0.2, 0.25) is 5.02 Å². The number of hydrogen-bond donors (Lipinski definition) is 2. The van der Waals surface area contributed by atoms with Gasteiger partial charge in [0.1, 0.15) is 5.69 Å². The van der Waals surface area contributed by atoms with Gasteiger partial charge in [0.05, 0.1) is 12.2 Å². The highest BCUT2D eigenvalue weighted by molar-refractivity contribution is 9.10. The molecule has 0 aliphatic carbocycles. The Bertz CT molecular complexity index is 1110. The van der Waals surface area contributed by atoms with Gasteiger partial charge < -0.3 is 10.1 Å². The number of aliphatic imine (C=N–C) groups is 1. The summed E-state index contributed by atoms with van der Waals surface area (Å²) in [6.07, 6.45) is 3.43. The molecule has 0 radical (unpaired) electrons. The number of fused-ring (bicyclic) bond motifs is 1. The Kier molecular flexibility index (Phi) is 4.30. The molecule has 130 valence electrons. The molecule has 26 heavy (non-hydrogen) atoms. The van der Waals surface area contributed by atoms with E-state index in [0.29, 0.717) is 10.7 Å². The molecule has 4 rings (SSSR count). The second kappa shape index (κ2) is 6.63. The van der Waals surface area contributed by atoms with Crippen LogP contribution in [0.4, 0.5) is 5.69 Å². The van der Waals surface area contributed by atoms with Gasteiger partial charge in [-0.05, 0) is 35.9 Å². The molecule has 7 heteroatoms. The van der Waals surface area contributed by atoms with Gasteiger partial charge in [-0.15, -0.1) is 0 Å². The molecule has 0 saturated carbocycles. The maximum atomic E-state index is 12.2. The number of nitrogens with one attached hydrogen (secondary N) is 1. The van der Waals surface area contributed by atoms with Crippen molar-refractivity contribution in [2.45, 2.75) is 6.54 Å². The van der Waals surface area contributed by atoms with Crippen LogP contribution in [0.3, 0.4) is 0 Å². The van der Waals surface area contributed by atoms with Crippen molar-refractivity contribution in [3.63, 3.8) is 0 Å². The topological polar surface area (TPSA) is 70.4 Å². The standard InChI is InChI=1S/C19H13BrClN3O2/c20-13-3-6-15-12(9-22-16(15)8-13)7-17-18(25)24(19(26)23-17)10-11-1-4-14(21)5-2-11/h1-9,25H,10H2,(H,23,26)/b12-7+. The number of nitrogens with zero attached hydrogens (tertiary/aromatic N) is 2. The summed E-state index contributed by atoms with van der Waals surface area (Å²) in [4.78, 5) is 19.3. The van der Waals surface area contributed by atoms with Gasteiger partial charge in [0, 0.05) is 26.8 Å². The van der Waals surface area contributed by atoms with Gasteiger partial charge >= 0.3 is 5.69 Å². The van der Waals surface area contributed by atoms with E-state index in [9.17, 15) is 9.90 Å². The number of allylic oxidation sites excluding steroid dienone is 1. The highest BCUT2D eigenvalue weighted by Crippen LogP contribution is 2.35. The lowest BCUT2D eigenvalue weighted by atomic mass is 10.1. The van der Waals surface area contributed by atoms with Crippen molar-refractivity contribution >= 4 is 51.1 Å². The second-order valence-corrected chi connectivity index (χ2v) is 7.25. The Morgan fingerprint density at radius 3 is 2.77 bits per heavy atom. The van der Waals surface area contributed by atoms with Crippen molar-refractivity contribution in [2.75, 3.05) is 0 Å². The number of hydrogen-bond acceptors (Lipinski definition) is 3. The summed E-state index contributed by atoms with van der Waals surface area (Å²) in [5, 5.41) is 11.1. The summed E-state index contributed by atoms with van der Waals surface area (Å²) < 4.78 is 2.23. The van der Waals surface area contributed by atoms with Crippen LogP contribution in [-0.4, -0.2) is 20.9 Å². The molecule has 5 nitrogen and oxygen atoms in total. The first-order chi connectivity index (χ1) is 12.5. The van der Waals surface area contributed by atoms with Crippen molar-refractivity contribution < 1.29 is 5.11 Å². The smallest absolute Gasteiger partial charge is 0.329 e. The van der Waals surface area contributed by atoms with E-state index >= 15 is 0 Å². The second-order valence-electron chi connectivity index (χ2n) is 5.90. The molecule has 2 aromatic carbocycles. The van der Waals surface area contributed by atoms with E-state index in [2.05, 4.69) is 25.9 Å². The van der Waals surface area contributed by atoms with Crippen LogP contribution in [0.5, 0.6) is 5.88 Å². The third kappa shape index (κ3) is 3.13. The summed E-state index contributed by atoms with van der Waals surface area (Å²) >= 11 is 9.30. The molecule has 1 aromatic heterocycles. The van der Waals surface area contributed by atoms with Gasteiger partial charge in [0.2, 0.25) is 5.88 Å². The largest absolute Gasteiger partial charge is 0.493 e. The van der Waals surface area contributed by atoms with Crippen LogP contribution in [-0.2, 0) is 6.54 Å². The molecule has 0 spiro atoms. The van der Waals surface area contributed by atoms with E-state index in [4.69, 9.17) is 11.6 Å². The van der Waals surface area contributed by atoms with Crippen molar-refractivity contribution in [1.82, 2.24) is 9.55 Å². The number of halogens is 2. The van der Waals surface area contributed by atoms with E-state index in [1.807, 2.05) is 30.3 Å². The summed E-state index contributed by atoms with van der Waals surface area (Å²) in [5.74, 6) is -0.114. The minimum atomic E-state index is -0.379. The number of H-pyrrole nitrogens is 1. The zero-order valence-corrected chi connectivity index (χ0v) is 15.8. The Hall–Kier alpha value is -2.57. The van der Waals surface area contributed by atoms with E-state index < -0.39 is 0 Å². The monoisotopic (exact) mass is 429 g/mol. The average Bonchev–Trinajstić information content (AvgIpc) is 3.12. The molecule has 0 unspecified atom stereocenters. The summed E-state index contributed by atoms with van der Waals surface area (Å²) in [6.45, 7) is 0.249. The number of rotatable bonds is 3. The molecule has 0 fully saturated rings. The SMILES string of the molecule is O=c1[nH]c(/C=C2\C=Nc3cc(Br)ccc32)c(O)n1Cc1ccc(Cl)cc1. The molecular formula is C19H13BrClN3O2. The van der Waals surface area contributed by atoms with Crippen molar-refractivity contribution in [3.05, 3.63) is 79.3 Å². The molecular weight excluding hydrogens is 418 g/mol. The molecule has 1 aliphatic heterocycles. The number of aromatic hydroxyl groups is 1. The van der Waals surface area contributed by atoms with Crippen LogP contribution in [0.15, 0.2) is 56.7 Å². The maximum Gasteiger partial charge on any atom is 0.329 e. The molecule has 1 aliphatic rings. The van der Waals surface area contributed by atoms with Crippen LogP contribution >= 0.6 is 27.5 Å². The number of aromatic nitrogens is 2. The predicted molar refractivity (Wildman–Crippen MR) is 107 cm³/mol. The molecule has 3 aromatic rings. The van der Waals surface area contributed by atoms with Gasteiger partial charge in [-0.1, -0.05) is 45.7 Å². The quantitative estimate of drug-likeness (QED) is 0.637. The third-order valence-electron chi connectivity index (χ3n) is 4.15. The lowest BCUT2D eigenvalue weighted by Gasteiger charge is -2.04. The number of imidazole rings is 1. The zero-order valence-electron chi connectivity index (χ0n) is 13.4. The fourth-order valence-corrected chi connectivity index (χ4v) is 3.31. The molecule has 0 atom stereocenters. The van der Waals surface area contributed by atoms with E-state index in [0.717, 1.165) is 26.9 Å². The molecule has 0 amide bonds. The Labute approximate surface area is 162 Å². The van der Waals surface area contributed by atoms with Crippen LogP contribution in [0.25, 0.3) is 11.6 Å². The van der Waals surface area contributed by atoms with Gasteiger partial charge in [-0.25, -0.2) is 4.79 Å². The average molecular weight is 431 g/mol. The minimum Gasteiger partial charge on any atom is -0.493 e. The van der Waals surface area contributed by atoms with Crippen LogP contribution < -0.4 is 5.69 Å². The van der Waals surface area contributed by atoms with E-state index in [-0.39, 0.29) is 18.1 Å². The molecule has 2 heterocycles. The lowest BCUT2D eigenvalue weighted by Crippen LogP contribution is -2.17. The van der Waals surface area contributed by atoms with Crippen LogP contribution in [0.1, 0.15) is 16.8 Å². The fraction of sp³-hybridized carbons (Fsp3) is 0.0526. The van der Waals surface area contributed by atoms with Gasteiger partial charge in [0.15, 0.2) is 0 Å². The first-order valence-corrected chi connectivity index (χ1v) is 9.00. The van der Waals surface area contributed by atoms with Gasteiger partial charge in [-0.2, -0.15) is 0 Å². The van der Waals surface area contributed by atoms with E-state index in [1.165, 1.54) is 4.57 Å². The highest BCUT2D eigenvalue weighted by Gasteiger charge is 2.16. The Morgan fingerprint density at radius 1 is 1.23 bits per heavy atom. The Morgan fingerprint density at radius 2 is 2.00 bits per heavy atom. The maximum absolute atomic E-state index is 12.2. The first kappa shape index (κ1) is 16.9. The van der Waals surface area contributed by atoms with Gasteiger partial charge in [-0.3, -0.25) is 9.56 Å². The molecule has 2 N–H and O–H groups in total. The van der Waals surface area contributed by atoms with Crippen molar-refractivity contribution in [3.8, 4) is 5.88 Å². The van der Waals surface area contributed by atoms with Crippen molar-refractivity contribution in [1.29, 1.82) is 0 Å². The third-order valence-corrected chi connectivity index (χ3v) is 4.90. The predicted octanol–water partition coefficient (Wildman–Crippen LogP) is 4.60. The van der Waals surface area contributed by atoms with Gasteiger partial charge in [0.25, 0.3) is 0 Å². The zero-order chi connectivity index (χ0) is 18.3. The highest BCUT2D eigenvalue weighted by atomic mass is 79.9.